The van der Waals surface area contributed by atoms with E-state index >= 15 is 0 Å². The van der Waals surface area contributed by atoms with Crippen molar-refractivity contribution in [3.8, 4) is 0 Å². The molecule has 1 saturated heterocycles. The van der Waals surface area contributed by atoms with Crippen molar-refractivity contribution in [1.82, 2.24) is 4.44 Å². The van der Waals surface area contributed by atoms with Crippen molar-refractivity contribution in [2.45, 2.75) is 76.3 Å². The molecule has 2 heterocycles. The molecule has 4 atom stereocenters. The van der Waals surface area contributed by atoms with Crippen LogP contribution >= 0.6 is 16.1 Å². The predicted octanol–water partition coefficient (Wildman–Crippen LogP) is 7.99. The lowest BCUT2D eigenvalue weighted by atomic mass is 10.00. The second kappa shape index (κ2) is 10.0. The van der Waals surface area contributed by atoms with Crippen molar-refractivity contribution in [2.75, 3.05) is 12.7 Å². The first kappa shape index (κ1) is 21.5. The van der Waals surface area contributed by atoms with Crippen LogP contribution < -0.4 is 0 Å². The molecule has 0 saturated carbocycles. The van der Waals surface area contributed by atoms with E-state index in [1.165, 1.54) is 51.2 Å². The lowest BCUT2D eigenvalue weighted by Gasteiger charge is -2.44. The van der Waals surface area contributed by atoms with E-state index in [1.807, 2.05) is 0 Å². The van der Waals surface area contributed by atoms with Crippen LogP contribution in [0.5, 0.6) is 0 Å². The van der Waals surface area contributed by atoms with Gasteiger partial charge in [-0.2, -0.15) is 0 Å². The van der Waals surface area contributed by atoms with Gasteiger partial charge in [0.25, 0.3) is 0 Å². The second-order valence-corrected chi connectivity index (χ2v) is 14.7. The quantitative estimate of drug-likeness (QED) is 0.424. The van der Waals surface area contributed by atoms with E-state index in [9.17, 15) is 0 Å². The molecule has 2 aliphatic rings. The summed E-state index contributed by atoms with van der Waals surface area (Å²) in [6, 6.07) is 20.7. The number of fused-ring (bicyclic) bond motifs is 1. The summed E-state index contributed by atoms with van der Waals surface area (Å²) in [6.07, 6.45) is 9.46. The lowest BCUT2D eigenvalue weighted by molar-refractivity contribution is 0.613. The van der Waals surface area contributed by atoms with Crippen LogP contribution in [0.2, 0.25) is 0 Å². The molecule has 29 heavy (non-hydrogen) atoms. The maximum Gasteiger partial charge on any atom is 0.0177 e. The molecule has 3 heteroatoms. The van der Waals surface area contributed by atoms with Gasteiger partial charge in [0.05, 0.1) is 0 Å². The monoisotopic (exact) mass is 425 g/mol. The molecule has 0 aromatic heterocycles. The maximum absolute atomic E-state index is 3.13. The average molecular weight is 426 g/mol. The molecule has 0 spiro atoms. The van der Waals surface area contributed by atoms with Gasteiger partial charge in [0.1, 0.15) is 0 Å². The Morgan fingerprint density at radius 2 is 1.52 bits per heavy atom. The summed E-state index contributed by atoms with van der Waals surface area (Å²) in [7, 11) is -0.170. The van der Waals surface area contributed by atoms with E-state index < -0.39 is 0 Å². The maximum atomic E-state index is 3.13. The van der Waals surface area contributed by atoms with Gasteiger partial charge in [0.15, 0.2) is 0 Å². The van der Waals surface area contributed by atoms with Gasteiger partial charge in [-0.15, -0.1) is 0 Å². The number of hydrogen-bond acceptors (Lipinski definition) is 1. The Labute approximate surface area is 180 Å². The van der Waals surface area contributed by atoms with Gasteiger partial charge in [-0.25, -0.2) is 0 Å². The van der Waals surface area contributed by atoms with Crippen molar-refractivity contribution < 1.29 is 0 Å². The Kier molecular flexibility index (Phi) is 7.44. The lowest BCUT2D eigenvalue weighted by Crippen LogP contribution is -2.26. The minimum absolute atomic E-state index is 0.0616. The molecule has 2 aromatic rings. The first-order valence-corrected chi connectivity index (χ1v) is 14.6. The number of unbranched alkanes of at least 4 members (excludes halogenated alkanes) is 1. The van der Waals surface area contributed by atoms with Crippen LogP contribution in [-0.2, 0) is 12.8 Å². The van der Waals surface area contributed by atoms with Gasteiger partial charge in [0.2, 0.25) is 0 Å². The Bertz CT molecular complexity index is 746. The van der Waals surface area contributed by atoms with Crippen LogP contribution in [-0.4, -0.2) is 28.5 Å². The molecule has 0 radical (unpaired) electrons. The van der Waals surface area contributed by atoms with E-state index in [2.05, 4.69) is 79.8 Å². The number of nitrogens with zero attached hydrogens (tertiary/aromatic N) is 1. The standard InChI is InChI=1S/C26H37NP2/c1-4-5-17-27(28-18-11-16-26(28)23-12-7-6-8-13-23)29-21(2)19-24-14-9-10-15-25(24)20-22(29)3/h6-10,12-15,21-22,26H,4-5,11,16-20H2,1-3H3/t21?,22?,26-,28?,29?/m0/s1. The van der Waals surface area contributed by atoms with Crippen LogP contribution in [0.4, 0.5) is 0 Å². The highest BCUT2D eigenvalue weighted by atomic mass is 31.2. The summed E-state index contributed by atoms with van der Waals surface area (Å²) < 4.78 is 3.13. The van der Waals surface area contributed by atoms with Crippen LogP contribution in [0.25, 0.3) is 0 Å². The third kappa shape index (κ3) is 4.79. The zero-order valence-electron chi connectivity index (χ0n) is 18.4. The van der Waals surface area contributed by atoms with E-state index in [1.54, 1.807) is 16.7 Å². The average Bonchev–Trinajstić information content (AvgIpc) is 3.18. The smallest absolute Gasteiger partial charge is 0.0177 e. The summed E-state index contributed by atoms with van der Waals surface area (Å²) in [5, 5.41) is 0. The highest BCUT2D eigenvalue weighted by Gasteiger charge is 2.40. The van der Waals surface area contributed by atoms with Crippen molar-refractivity contribution in [1.29, 1.82) is 0 Å². The fourth-order valence-electron chi connectivity index (χ4n) is 5.39. The summed E-state index contributed by atoms with van der Waals surface area (Å²) in [6.45, 7) is 8.80. The molecule has 1 nitrogen and oxygen atoms in total. The van der Waals surface area contributed by atoms with Gasteiger partial charge >= 0.3 is 0 Å². The summed E-state index contributed by atoms with van der Waals surface area (Å²) in [5.74, 6) is 0. The van der Waals surface area contributed by atoms with Crippen LogP contribution in [0.3, 0.4) is 0 Å². The molecule has 1 fully saturated rings. The third-order valence-electron chi connectivity index (χ3n) is 6.74. The normalized spacial score (nSPS) is 29.6. The third-order valence-corrected chi connectivity index (χ3v) is 13.8. The topological polar surface area (TPSA) is 3.24 Å². The second-order valence-electron chi connectivity index (χ2n) is 8.94. The van der Waals surface area contributed by atoms with Crippen LogP contribution in [0.1, 0.15) is 68.8 Å². The van der Waals surface area contributed by atoms with Gasteiger partial charge in [-0.05, 0) is 82.4 Å². The van der Waals surface area contributed by atoms with Crippen LogP contribution in [0.15, 0.2) is 54.6 Å². The van der Waals surface area contributed by atoms with Gasteiger partial charge in [-0.1, -0.05) is 81.8 Å². The van der Waals surface area contributed by atoms with E-state index in [0.717, 1.165) is 17.0 Å². The van der Waals surface area contributed by atoms with Gasteiger partial charge < -0.3 is 0 Å². The molecule has 2 aliphatic heterocycles. The largest absolute Gasteiger partial charge is 0.259 e. The number of benzene rings is 2. The first-order valence-electron chi connectivity index (χ1n) is 11.6. The zero-order valence-corrected chi connectivity index (χ0v) is 20.2. The first-order chi connectivity index (χ1) is 14.2. The fourth-order valence-corrected chi connectivity index (χ4v) is 13.8. The molecule has 4 rings (SSSR count). The fraction of sp³-hybridized carbons (Fsp3) is 0.538. The van der Waals surface area contributed by atoms with Crippen molar-refractivity contribution in [2.24, 2.45) is 0 Å². The predicted molar refractivity (Wildman–Crippen MR) is 132 cm³/mol. The molecule has 156 valence electrons. The molecular formula is C26H37NP2. The van der Waals surface area contributed by atoms with E-state index in [-0.39, 0.29) is 16.1 Å². The minimum Gasteiger partial charge on any atom is -0.259 e. The van der Waals surface area contributed by atoms with Crippen molar-refractivity contribution in [3.05, 3.63) is 71.3 Å². The van der Waals surface area contributed by atoms with E-state index in [0.29, 0.717) is 0 Å². The molecule has 0 N–H and O–H groups in total. The Hall–Kier alpha value is -0.740. The molecule has 3 unspecified atom stereocenters. The molecule has 0 aliphatic carbocycles. The Morgan fingerprint density at radius 3 is 2.14 bits per heavy atom. The molecule has 0 amide bonds. The summed E-state index contributed by atoms with van der Waals surface area (Å²) >= 11 is 0. The molecular weight excluding hydrogens is 388 g/mol. The molecule has 2 aromatic carbocycles. The summed E-state index contributed by atoms with van der Waals surface area (Å²) in [4.78, 5) is 0. The van der Waals surface area contributed by atoms with Crippen molar-refractivity contribution >= 4 is 16.1 Å². The van der Waals surface area contributed by atoms with E-state index in [4.69, 9.17) is 0 Å². The zero-order chi connectivity index (χ0) is 20.2. The van der Waals surface area contributed by atoms with Gasteiger partial charge in [0, 0.05) is 12.2 Å². The highest BCUT2D eigenvalue weighted by molar-refractivity contribution is 7.71. The number of hydrogen-bond donors (Lipinski definition) is 0. The Balaban J connectivity index is 1.64. The highest BCUT2D eigenvalue weighted by Crippen LogP contribution is 2.71. The van der Waals surface area contributed by atoms with Gasteiger partial charge in [-0.3, -0.25) is 4.44 Å². The minimum atomic E-state index is -0.108. The number of rotatable bonds is 6. The van der Waals surface area contributed by atoms with Crippen molar-refractivity contribution in [3.63, 3.8) is 0 Å². The molecule has 0 bridgehead atoms. The Morgan fingerprint density at radius 1 is 0.897 bits per heavy atom. The summed E-state index contributed by atoms with van der Waals surface area (Å²) in [5.41, 5.74) is 7.21. The SMILES string of the molecule is CCCCN(P1C(C)Cc2ccccc2CC1C)P1CCC[C@H]1c1ccccc1. The van der Waals surface area contributed by atoms with Crippen LogP contribution in [0, 0.1) is 0 Å².